The Morgan fingerprint density at radius 3 is 3.21 bits per heavy atom. The van der Waals surface area contributed by atoms with Crippen molar-refractivity contribution >= 4 is 11.6 Å². The zero-order valence-corrected chi connectivity index (χ0v) is 8.76. The summed E-state index contributed by atoms with van der Waals surface area (Å²) in [5, 5.41) is 4.15. The number of benzene rings is 1. The molecule has 2 rings (SSSR count). The normalized spacial score (nSPS) is 23.1. The largest absolute Gasteiger partial charge is 0.379 e. The molecule has 1 aromatic carbocycles. The van der Waals surface area contributed by atoms with E-state index in [2.05, 4.69) is 11.4 Å². The van der Waals surface area contributed by atoms with Gasteiger partial charge in [0.1, 0.15) is 0 Å². The molecule has 76 valence electrons. The van der Waals surface area contributed by atoms with Gasteiger partial charge in [0.15, 0.2) is 0 Å². The number of rotatable bonds is 1. The van der Waals surface area contributed by atoms with E-state index in [4.69, 9.17) is 16.3 Å². The van der Waals surface area contributed by atoms with Gasteiger partial charge in [-0.3, -0.25) is 0 Å². The quantitative estimate of drug-likeness (QED) is 0.768. The van der Waals surface area contributed by atoms with Crippen LogP contribution >= 0.6 is 11.6 Å². The third-order valence-corrected chi connectivity index (χ3v) is 2.69. The molecular formula is C11H14ClNO. The molecule has 0 spiro atoms. The maximum atomic E-state index is 5.94. The molecule has 0 saturated carbocycles. The molecule has 3 heteroatoms. The van der Waals surface area contributed by atoms with Crippen LogP contribution in [0.4, 0.5) is 0 Å². The fourth-order valence-corrected chi connectivity index (χ4v) is 1.88. The number of nitrogens with one attached hydrogen (secondary N) is 1. The Morgan fingerprint density at radius 2 is 2.36 bits per heavy atom. The highest BCUT2D eigenvalue weighted by Gasteiger charge is 2.14. The third kappa shape index (κ3) is 2.47. The highest BCUT2D eigenvalue weighted by Crippen LogP contribution is 2.20. The van der Waals surface area contributed by atoms with Crippen molar-refractivity contribution in [2.24, 2.45) is 0 Å². The van der Waals surface area contributed by atoms with E-state index in [1.807, 2.05) is 18.2 Å². The van der Waals surface area contributed by atoms with Gasteiger partial charge in [-0.1, -0.05) is 23.7 Å². The fourth-order valence-electron chi connectivity index (χ4n) is 1.68. The average Bonchev–Trinajstić information content (AvgIpc) is 2.45. The van der Waals surface area contributed by atoms with Gasteiger partial charge in [0.2, 0.25) is 0 Å². The van der Waals surface area contributed by atoms with Crippen molar-refractivity contribution in [3.8, 4) is 0 Å². The Hall–Kier alpha value is -0.570. The zero-order valence-electron chi connectivity index (χ0n) is 8.00. The second-order valence-corrected chi connectivity index (χ2v) is 3.97. The lowest BCUT2D eigenvalue weighted by molar-refractivity contribution is 0.141. The molecule has 1 atom stereocenters. The number of halogens is 1. The fraction of sp³-hybridized carbons (Fsp3) is 0.455. The Labute approximate surface area is 89.2 Å². The van der Waals surface area contributed by atoms with Crippen LogP contribution in [0.2, 0.25) is 5.02 Å². The maximum Gasteiger partial charge on any atom is 0.0591 e. The monoisotopic (exact) mass is 211 g/mol. The van der Waals surface area contributed by atoms with Crippen LogP contribution in [0.5, 0.6) is 0 Å². The molecule has 1 unspecified atom stereocenters. The minimum absolute atomic E-state index is 0.427. The van der Waals surface area contributed by atoms with Crippen LogP contribution in [0.15, 0.2) is 24.3 Å². The number of ether oxygens (including phenoxy) is 1. The van der Waals surface area contributed by atoms with E-state index in [1.165, 1.54) is 5.56 Å². The Bertz CT molecular complexity index is 295. The van der Waals surface area contributed by atoms with Gasteiger partial charge in [-0.05, 0) is 17.7 Å². The second kappa shape index (κ2) is 4.78. The highest BCUT2D eigenvalue weighted by molar-refractivity contribution is 6.30. The van der Waals surface area contributed by atoms with E-state index < -0.39 is 0 Å². The van der Waals surface area contributed by atoms with Crippen molar-refractivity contribution in [3.05, 3.63) is 34.9 Å². The van der Waals surface area contributed by atoms with E-state index in [9.17, 15) is 0 Å². The van der Waals surface area contributed by atoms with Gasteiger partial charge >= 0.3 is 0 Å². The van der Waals surface area contributed by atoms with E-state index in [-0.39, 0.29) is 0 Å². The Morgan fingerprint density at radius 1 is 1.43 bits per heavy atom. The standard InChI is InChI=1S/C11H14ClNO/c12-11-3-1-2-9(6-11)10-7-13-4-5-14-8-10/h1-3,6,10,13H,4-5,7-8H2. The molecular weight excluding hydrogens is 198 g/mol. The van der Waals surface area contributed by atoms with Gasteiger partial charge in [-0.25, -0.2) is 0 Å². The minimum atomic E-state index is 0.427. The van der Waals surface area contributed by atoms with Crippen LogP contribution in [-0.4, -0.2) is 26.3 Å². The average molecular weight is 212 g/mol. The molecule has 1 N–H and O–H groups in total. The van der Waals surface area contributed by atoms with Crippen LogP contribution < -0.4 is 5.32 Å². The summed E-state index contributed by atoms with van der Waals surface area (Å²) in [6.07, 6.45) is 0. The zero-order chi connectivity index (χ0) is 9.80. The van der Waals surface area contributed by atoms with Gasteiger partial charge in [-0.2, -0.15) is 0 Å². The van der Waals surface area contributed by atoms with Crippen molar-refractivity contribution in [1.29, 1.82) is 0 Å². The van der Waals surface area contributed by atoms with Gasteiger partial charge in [0.05, 0.1) is 13.2 Å². The summed E-state index contributed by atoms with van der Waals surface area (Å²) in [6.45, 7) is 3.50. The number of hydrogen-bond acceptors (Lipinski definition) is 2. The molecule has 2 nitrogen and oxygen atoms in total. The van der Waals surface area contributed by atoms with E-state index in [0.29, 0.717) is 5.92 Å². The van der Waals surface area contributed by atoms with E-state index >= 15 is 0 Å². The smallest absolute Gasteiger partial charge is 0.0591 e. The summed E-state index contributed by atoms with van der Waals surface area (Å²) in [4.78, 5) is 0. The Balaban J connectivity index is 2.12. The lowest BCUT2D eigenvalue weighted by Gasteiger charge is -2.14. The van der Waals surface area contributed by atoms with Crippen molar-refractivity contribution in [3.63, 3.8) is 0 Å². The SMILES string of the molecule is Clc1cccc(C2CNCCOC2)c1. The van der Waals surface area contributed by atoms with Crippen LogP contribution in [0.1, 0.15) is 11.5 Å². The molecule has 14 heavy (non-hydrogen) atoms. The molecule has 1 fully saturated rings. The second-order valence-electron chi connectivity index (χ2n) is 3.53. The van der Waals surface area contributed by atoms with E-state index in [1.54, 1.807) is 0 Å². The summed E-state index contributed by atoms with van der Waals surface area (Å²) < 4.78 is 5.50. The van der Waals surface area contributed by atoms with Crippen LogP contribution in [-0.2, 0) is 4.74 Å². The molecule has 1 heterocycles. The molecule has 0 radical (unpaired) electrons. The van der Waals surface area contributed by atoms with Crippen LogP contribution in [0.25, 0.3) is 0 Å². The van der Waals surface area contributed by atoms with Crippen molar-refractivity contribution in [2.45, 2.75) is 5.92 Å². The minimum Gasteiger partial charge on any atom is -0.379 e. The highest BCUT2D eigenvalue weighted by atomic mass is 35.5. The van der Waals surface area contributed by atoms with Gasteiger partial charge < -0.3 is 10.1 Å². The molecule has 1 saturated heterocycles. The lowest BCUT2D eigenvalue weighted by atomic mass is 10.0. The first kappa shape index (κ1) is 9.97. The van der Waals surface area contributed by atoms with Crippen molar-refractivity contribution < 1.29 is 4.74 Å². The predicted molar refractivity (Wildman–Crippen MR) is 57.9 cm³/mol. The number of hydrogen-bond donors (Lipinski definition) is 1. The summed E-state index contributed by atoms with van der Waals surface area (Å²) in [5.74, 6) is 0.427. The van der Waals surface area contributed by atoms with Crippen molar-refractivity contribution in [1.82, 2.24) is 5.32 Å². The summed E-state index contributed by atoms with van der Waals surface area (Å²) in [7, 11) is 0. The molecule has 1 aromatic rings. The van der Waals surface area contributed by atoms with Crippen LogP contribution in [0, 0.1) is 0 Å². The van der Waals surface area contributed by atoms with Gasteiger partial charge in [0.25, 0.3) is 0 Å². The van der Waals surface area contributed by atoms with Gasteiger partial charge in [-0.15, -0.1) is 0 Å². The third-order valence-electron chi connectivity index (χ3n) is 2.45. The molecule has 1 aliphatic heterocycles. The topological polar surface area (TPSA) is 21.3 Å². The summed E-state index contributed by atoms with van der Waals surface area (Å²) in [6, 6.07) is 8.01. The molecule has 1 aliphatic rings. The van der Waals surface area contributed by atoms with Crippen molar-refractivity contribution in [2.75, 3.05) is 26.3 Å². The molecule has 0 aliphatic carbocycles. The molecule has 0 aromatic heterocycles. The molecule has 0 bridgehead atoms. The predicted octanol–water partition coefficient (Wildman–Crippen LogP) is 2.04. The maximum absolute atomic E-state index is 5.94. The summed E-state index contributed by atoms with van der Waals surface area (Å²) >= 11 is 5.94. The summed E-state index contributed by atoms with van der Waals surface area (Å²) in [5.41, 5.74) is 1.26. The van der Waals surface area contributed by atoms with Gasteiger partial charge in [0, 0.05) is 24.0 Å². The first-order valence-corrected chi connectivity index (χ1v) is 5.28. The van der Waals surface area contributed by atoms with E-state index in [0.717, 1.165) is 31.3 Å². The lowest BCUT2D eigenvalue weighted by Crippen LogP contribution is -2.21. The first-order chi connectivity index (χ1) is 6.86. The van der Waals surface area contributed by atoms with Crippen LogP contribution in [0.3, 0.4) is 0 Å². The first-order valence-electron chi connectivity index (χ1n) is 4.90. The molecule has 0 amide bonds. The Kier molecular flexibility index (Phi) is 3.40.